The highest BCUT2D eigenvalue weighted by Crippen LogP contribution is 2.14. The molecule has 0 aliphatic rings. The summed E-state index contributed by atoms with van der Waals surface area (Å²) in [5, 5.41) is 3.51. The Labute approximate surface area is 103 Å². The first-order valence-electron chi connectivity index (χ1n) is 6.24. The van der Waals surface area contributed by atoms with Gasteiger partial charge in [-0.25, -0.2) is 0 Å². The van der Waals surface area contributed by atoms with Crippen LogP contribution in [0.2, 0.25) is 0 Å². The van der Waals surface area contributed by atoms with Crippen molar-refractivity contribution >= 4 is 0 Å². The molecule has 2 heteroatoms. The van der Waals surface area contributed by atoms with Gasteiger partial charge in [0.15, 0.2) is 0 Å². The van der Waals surface area contributed by atoms with Crippen LogP contribution >= 0.6 is 0 Å². The number of aromatic amines is 1. The number of hydrogen-bond acceptors (Lipinski definition) is 1. The fourth-order valence-electron chi connectivity index (χ4n) is 1.90. The van der Waals surface area contributed by atoms with Crippen molar-refractivity contribution in [3.05, 3.63) is 59.4 Å². The first-order chi connectivity index (χ1) is 8.29. The van der Waals surface area contributed by atoms with Crippen molar-refractivity contribution in [1.82, 2.24) is 10.3 Å². The van der Waals surface area contributed by atoms with Crippen LogP contribution in [0, 0.1) is 0 Å². The van der Waals surface area contributed by atoms with Crippen LogP contribution in [0.25, 0.3) is 0 Å². The van der Waals surface area contributed by atoms with Crippen molar-refractivity contribution in [2.24, 2.45) is 0 Å². The summed E-state index contributed by atoms with van der Waals surface area (Å²) in [6.45, 7) is 5.26. The molecule has 0 aliphatic heterocycles. The number of benzene rings is 1. The van der Waals surface area contributed by atoms with Gasteiger partial charge in [0, 0.05) is 24.5 Å². The Balaban J connectivity index is 1.92. The third-order valence-electron chi connectivity index (χ3n) is 3.15. The van der Waals surface area contributed by atoms with E-state index in [0.29, 0.717) is 6.04 Å². The summed E-state index contributed by atoms with van der Waals surface area (Å²) in [5.74, 6) is 0. The molecule has 0 fully saturated rings. The number of hydrogen-bond donors (Lipinski definition) is 2. The summed E-state index contributed by atoms with van der Waals surface area (Å²) in [5.41, 5.74) is 3.96. The largest absolute Gasteiger partial charge is 0.364 e. The second-order valence-electron chi connectivity index (χ2n) is 4.39. The van der Waals surface area contributed by atoms with Crippen LogP contribution in [-0.2, 0) is 13.0 Å². The van der Waals surface area contributed by atoms with Gasteiger partial charge in [-0.05, 0) is 36.6 Å². The Hall–Kier alpha value is -1.54. The van der Waals surface area contributed by atoms with Crippen LogP contribution in [0.15, 0.2) is 42.6 Å². The molecule has 2 N–H and O–H groups in total. The molecule has 1 atom stereocenters. The zero-order valence-electron chi connectivity index (χ0n) is 10.5. The number of H-pyrrole nitrogens is 1. The van der Waals surface area contributed by atoms with E-state index in [1.165, 1.54) is 16.8 Å². The van der Waals surface area contributed by atoms with Crippen LogP contribution in [0.5, 0.6) is 0 Å². The maximum Gasteiger partial charge on any atom is 0.0362 e. The van der Waals surface area contributed by atoms with Gasteiger partial charge >= 0.3 is 0 Å². The smallest absolute Gasteiger partial charge is 0.0362 e. The zero-order chi connectivity index (χ0) is 12.1. The third-order valence-corrected chi connectivity index (χ3v) is 3.15. The molecule has 1 aromatic heterocycles. The van der Waals surface area contributed by atoms with E-state index in [1.807, 2.05) is 12.3 Å². The van der Waals surface area contributed by atoms with Gasteiger partial charge in [-0.15, -0.1) is 0 Å². The summed E-state index contributed by atoms with van der Waals surface area (Å²) in [7, 11) is 0. The summed E-state index contributed by atoms with van der Waals surface area (Å²) < 4.78 is 0. The molecule has 0 aliphatic carbocycles. The third kappa shape index (κ3) is 3.21. The van der Waals surface area contributed by atoms with Gasteiger partial charge in [0.25, 0.3) is 0 Å². The Kier molecular flexibility index (Phi) is 3.99. The molecule has 0 radical (unpaired) electrons. The SMILES string of the molecule is CCc1ccc(C(C)NCc2ccc[nH]2)cc1. The van der Waals surface area contributed by atoms with Crippen molar-refractivity contribution in [2.45, 2.75) is 32.9 Å². The normalized spacial score (nSPS) is 12.6. The lowest BCUT2D eigenvalue weighted by Crippen LogP contribution is -2.18. The molecule has 0 saturated carbocycles. The lowest BCUT2D eigenvalue weighted by molar-refractivity contribution is 0.569. The fraction of sp³-hybridized carbons (Fsp3) is 0.333. The van der Waals surface area contributed by atoms with E-state index < -0.39 is 0 Å². The van der Waals surface area contributed by atoms with E-state index in [-0.39, 0.29) is 0 Å². The molecule has 2 aromatic rings. The van der Waals surface area contributed by atoms with Crippen LogP contribution in [-0.4, -0.2) is 4.98 Å². The highest BCUT2D eigenvalue weighted by Gasteiger charge is 2.04. The summed E-state index contributed by atoms with van der Waals surface area (Å²) in [4.78, 5) is 3.20. The standard InChI is InChI=1S/C15H20N2/c1-3-13-6-8-14(9-7-13)12(2)17-11-15-5-4-10-16-15/h4-10,12,16-17H,3,11H2,1-2H3. The number of rotatable bonds is 5. The van der Waals surface area contributed by atoms with E-state index in [0.717, 1.165) is 13.0 Å². The number of aryl methyl sites for hydroxylation is 1. The van der Waals surface area contributed by atoms with Crippen molar-refractivity contribution in [1.29, 1.82) is 0 Å². The Morgan fingerprint density at radius 1 is 1.18 bits per heavy atom. The monoisotopic (exact) mass is 228 g/mol. The maximum atomic E-state index is 3.51. The molecule has 0 amide bonds. The van der Waals surface area contributed by atoms with Crippen molar-refractivity contribution < 1.29 is 0 Å². The van der Waals surface area contributed by atoms with E-state index in [1.54, 1.807) is 0 Å². The summed E-state index contributed by atoms with van der Waals surface area (Å²) >= 11 is 0. The van der Waals surface area contributed by atoms with Gasteiger partial charge in [-0.3, -0.25) is 0 Å². The molecule has 2 nitrogen and oxygen atoms in total. The molecule has 1 aromatic carbocycles. The van der Waals surface area contributed by atoms with Gasteiger partial charge in [-0.2, -0.15) is 0 Å². The van der Waals surface area contributed by atoms with Gasteiger partial charge in [-0.1, -0.05) is 31.2 Å². The van der Waals surface area contributed by atoms with E-state index in [9.17, 15) is 0 Å². The second kappa shape index (κ2) is 5.69. The molecular formula is C15H20N2. The lowest BCUT2D eigenvalue weighted by Gasteiger charge is -2.14. The van der Waals surface area contributed by atoms with Crippen molar-refractivity contribution in [3.8, 4) is 0 Å². The Morgan fingerprint density at radius 3 is 2.53 bits per heavy atom. The Morgan fingerprint density at radius 2 is 1.94 bits per heavy atom. The predicted octanol–water partition coefficient (Wildman–Crippen LogP) is 3.43. The first kappa shape index (κ1) is 11.9. The number of nitrogens with one attached hydrogen (secondary N) is 2. The average Bonchev–Trinajstić information content (AvgIpc) is 2.89. The van der Waals surface area contributed by atoms with Crippen molar-refractivity contribution in [2.75, 3.05) is 0 Å². The van der Waals surface area contributed by atoms with Gasteiger partial charge in [0.1, 0.15) is 0 Å². The van der Waals surface area contributed by atoms with Gasteiger partial charge in [0.2, 0.25) is 0 Å². The predicted molar refractivity (Wildman–Crippen MR) is 71.9 cm³/mol. The topological polar surface area (TPSA) is 27.8 Å². The minimum atomic E-state index is 0.379. The van der Waals surface area contributed by atoms with Crippen LogP contribution in [0.4, 0.5) is 0 Å². The molecule has 0 spiro atoms. The summed E-state index contributed by atoms with van der Waals surface area (Å²) in [6.07, 6.45) is 3.06. The highest BCUT2D eigenvalue weighted by atomic mass is 14.9. The number of aromatic nitrogens is 1. The maximum absolute atomic E-state index is 3.51. The molecule has 0 saturated heterocycles. The second-order valence-corrected chi connectivity index (χ2v) is 4.39. The van der Waals surface area contributed by atoms with Crippen LogP contribution in [0.3, 0.4) is 0 Å². The van der Waals surface area contributed by atoms with Gasteiger partial charge < -0.3 is 10.3 Å². The molecule has 1 heterocycles. The molecule has 2 rings (SSSR count). The lowest BCUT2D eigenvalue weighted by atomic mass is 10.1. The summed E-state index contributed by atoms with van der Waals surface area (Å²) in [6, 6.07) is 13.3. The fourth-order valence-corrected chi connectivity index (χ4v) is 1.90. The highest BCUT2D eigenvalue weighted by molar-refractivity contribution is 5.24. The molecule has 1 unspecified atom stereocenters. The van der Waals surface area contributed by atoms with E-state index in [2.05, 4.69) is 54.5 Å². The molecule has 90 valence electrons. The van der Waals surface area contributed by atoms with Gasteiger partial charge in [0.05, 0.1) is 0 Å². The molecule has 17 heavy (non-hydrogen) atoms. The average molecular weight is 228 g/mol. The quantitative estimate of drug-likeness (QED) is 0.806. The van der Waals surface area contributed by atoms with Crippen LogP contribution < -0.4 is 5.32 Å². The minimum absolute atomic E-state index is 0.379. The Bertz CT molecular complexity index is 428. The van der Waals surface area contributed by atoms with Crippen molar-refractivity contribution in [3.63, 3.8) is 0 Å². The van der Waals surface area contributed by atoms with Crippen LogP contribution in [0.1, 0.15) is 36.7 Å². The van der Waals surface area contributed by atoms with E-state index >= 15 is 0 Å². The molecule has 0 bridgehead atoms. The zero-order valence-corrected chi connectivity index (χ0v) is 10.5. The van der Waals surface area contributed by atoms with E-state index in [4.69, 9.17) is 0 Å². The minimum Gasteiger partial charge on any atom is -0.364 e. The first-order valence-corrected chi connectivity index (χ1v) is 6.24. The molecular weight excluding hydrogens is 208 g/mol.